The number of nitrogens with zero attached hydrogens (tertiary/aromatic N) is 1. The molecule has 0 bridgehead atoms. The van der Waals surface area contributed by atoms with Gasteiger partial charge in [0.05, 0.1) is 0 Å². The predicted octanol–water partition coefficient (Wildman–Crippen LogP) is 2.22. The average Bonchev–Trinajstić information content (AvgIpc) is 2.58. The van der Waals surface area contributed by atoms with Gasteiger partial charge in [-0.3, -0.25) is 0 Å². The highest BCUT2D eigenvalue weighted by Gasteiger charge is 2.41. The van der Waals surface area contributed by atoms with Crippen molar-refractivity contribution in [2.75, 3.05) is 14.1 Å². The van der Waals surface area contributed by atoms with Gasteiger partial charge < -0.3 is 4.57 Å². The Morgan fingerprint density at radius 2 is 0.773 bits per heavy atom. The first-order chi connectivity index (χ1) is 10.8. The Kier molecular flexibility index (Phi) is 4.23. The fourth-order valence-electron chi connectivity index (χ4n) is 3.31. The van der Waals surface area contributed by atoms with Crippen LogP contribution in [0.4, 0.5) is 0 Å². The minimum atomic E-state index is -2.17. The molecule has 0 aromatic heterocycles. The van der Waals surface area contributed by atoms with Gasteiger partial charge in [-0.2, -0.15) is 0 Å². The van der Waals surface area contributed by atoms with Crippen molar-refractivity contribution in [3.05, 3.63) is 91.0 Å². The zero-order valence-electron chi connectivity index (χ0n) is 13.1. The van der Waals surface area contributed by atoms with Gasteiger partial charge in [0.25, 0.3) is 0 Å². The average molecular weight is 303 g/mol. The van der Waals surface area contributed by atoms with Gasteiger partial charge >= 0.3 is 0 Å². The third-order valence-electron chi connectivity index (χ3n) is 4.25. The summed E-state index contributed by atoms with van der Waals surface area (Å²) >= 11 is 0. The number of rotatable bonds is 4. The number of hydrogen-bond acceptors (Lipinski definition) is 1. The Balaban J connectivity index is 2.34. The molecule has 0 aliphatic carbocycles. The second kappa shape index (κ2) is 6.30. The highest BCUT2D eigenvalue weighted by Crippen LogP contribution is 2.10. The Labute approximate surface area is 133 Å². The highest BCUT2D eigenvalue weighted by molar-refractivity contribution is 7.09. The molecule has 0 saturated carbocycles. The van der Waals surface area contributed by atoms with Crippen molar-refractivity contribution in [3.63, 3.8) is 0 Å². The first kappa shape index (κ1) is 14.8. The maximum atomic E-state index is 2.44. The third-order valence-corrected chi connectivity index (χ3v) is 9.09. The summed E-state index contributed by atoms with van der Waals surface area (Å²) in [5.74, 6) is 0. The molecule has 0 spiro atoms. The van der Waals surface area contributed by atoms with Crippen molar-refractivity contribution >= 4 is 23.8 Å². The van der Waals surface area contributed by atoms with E-state index in [1.807, 2.05) is 0 Å². The minimum absolute atomic E-state index is 1.41. The van der Waals surface area contributed by atoms with Crippen LogP contribution in [-0.2, 0) is 0 Å². The summed E-state index contributed by atoms with van der Waals surface area (Å²) < 4.78 is 2.44. The van der Waals surface area contributed by atoms with Crippen molar-refractivity contribution in [1.82, 2.24) is 4.57 Å². The summed E-state index contributed by atoms with van der Waals surface area (Å²) in [6, 6.07) is 32.8. The maximum Gasteiger partial charge on any atom is 0.224 e. The Morgan fingerprint density at radius 1 is 0.500 bits per heavy atom. The van der Waals surface area contributed by atoms with Crippen LogP contribution in [-0.4, -0.2) is 26.9 Å². The lowest BCUT2D eigenvalue weighted by Gasteiger charge is -2.39. The molecule has 0 amide bonds. The van der Waals surface area contributed by atoms with Crippen LogP contribution in [0.5, 0.6) is 0 Å². The van der Waals surface area contributed by atoms with Crippen LogP contribution in [0.25, 0.3) is 0 Å². The van der Waals surface area contributed by atoms with Gasteiger partial charge in [-0.25, -0.2) is 0 Å². The summed E-state index contributed by atoms with van der Waals surface area (Å²) in [4.78, 5) is 0. The number of hydrogen-bond donors (Lipinski definition) is 0. The van der Waals surface area contributed by atoms with E-state index in [1.165, 1.54) is 15.6 Å². The fourth-order valence-corrected chi connectivity index (χ4v) is 7.89. The van der Waals surface area contributed by atoms with E-state index in [9.17, 15) is 0 Å². The molecule has 0 N–H and O–H groups in total. The molecule has 2 heteroatoms. The van der Waals surface area contributed by atoms with Crippen LogP contribution in [0.3, 0.4) is 0 Å². The Bertz CT molecular complexity index is 612. The van der Waals surface area contributed by atoms with Gasteiger partial charge in [-0.05, 0) is 29.7 Å². The Hall–Kier alpha value is -2.16. The first-order valence-electron chi connectivity index (χ1n) is 7.60. The topological polar surface area (TPSA) is 3.24 Å². The first-order valence-corrected chi connectivity index (χ1v) is 9.55. The van der Waals surface area contributed by atoms with Gasteiger partial charge in [-0.15, -0.1) is 0 Å². The second-order valence-corrected chi connectivity index (χ2v) is 9.75. The van der Waals surface area contributed by atoms with Crippen LogP contribution in [0.15, 0.2) is 91.0 Å². The van der Waals surface area contributed by atoms with E-state index in [-0.39, 0.29) is 0 Å². The van der Waals surface area contributed by atoms with E-state index in [0.717, 1.165) is 0 Å². The van der Waals surface area contributed by atoms with Crippen molar-refractivity contribution in [2.45, 2.75) is 0 Å². The van der Waals surface area contributed by atoms with Crippen LogP contribution in [0, 0.1) is 0 Å². The van der Waals surface area contributed by atoms with E-state index >= 15 is 0 Å². The highest BCUT2D eigenvalue weighted by atomic mass is 28.3. The molecule has 110 valence electrons. The SMILES string of the molecule is CN(C)[Si](c1ccccc1)(c1ccccc1)c1ccccc1. The maximum absolute atomic E-state index is 2.44. The quantitative estimate of drug-likeness (QED) is 0.528. The molecule has 0 atom stereocenters. The summed E-state index contributed by atoms with van der Waals surface area (Å²) in [6.07, 6.45) is 0. The summed E-state index contributed by atoms with van der Waals surface area (Å²) in [5, 5.41) is 4.24. The van der Waals surface area contributed by atoms with E-state index in [1.54, 1.807) is 0 Å². The molecule has 0 saturated heterocycles. The lowest BCUT2D eigenvalue weighted by Crippen LogP contribution is -2.75. The molecule has 0 unspecified atom stereocenters. The molecule has 3 aromatic carbocycles. The molecule has 0 heterocycles. The van der Waals surface area contributed by atoms with E-state index in [0.29, 0.717) is 0 Å². The monoisotopic (exact) mass is 303 g/mol. The molecule has 3 rings (SSSR count). The molecule has 22 heavy (non-hydrogen) atoms. The van der Waals surface area contributed by atoms with Gasteiger partial charge in [0, 0.05) is 0 Å². The van der Waals surface area contributed by atoms with Crippen LogP contribution >= 0.6 is 0 Å². The Morgan fingerprint density at radius 3 is 1.00 bits per heavy atom. The van der Waals surface area contributed by atoms with Gasteiger partial charge in [-0.1, -0.05) is 91.0 Å². The zero-order chi connectivity index (χ0) is 15.4. The molecule has 0 aliphatic rings. The normalized spacial score (nSPS) is 11.6. The third kappa shape index (κ3) is 2.41. The molecule has 0 fully saturated rings. The molecule has 0 radical (unpaired) electrons. The van der Waals surface area contributed by atoms with Crippen LogP contribution in [0.2, 0.25) is 0 Å². The second-order valence-electron chi connectivity index (χ2n) is 5.70. The smallest absolute Gasteiger partial charge is 0.224 e. The van der Waals surface area contributed by atoms with Crippen molar-refractivity contribution < 1.29 is 0 Å². The van der Waals surface area contributed by atoms with Crippen LogP contribution < -0.4 is 15.6 Å². The lowest BCUT2D eigenvalue weighted by atomic mass is 10.3. The van der Waals surface area contributed by atoms with Crippen LogP contribution in [0.1, 0.15) is 0 Å². The lowest BCUT2D eigenvalue weighted by molar-refractivity contribution is 0.645. The standard InChI is InChI=1S/C20H21NSi/c1-21(2)22(18-12-6-3-7-13-18,19-14-8-4-9-15-19)20-16-10-5-11-17-20/h3-17H,1-2H3. The molecule has 1 nitrogen and oxygen atoms in total. The van der Waals surface area contributed by atoms with Gasteiger partial charge in [0.1, 0.15) is 0 Å². The summed E-state index contributed by atoms with van der Waals surface area (Å²) in [6.45, 7) is 0. The van der Waals surface area contributed by atoms with E-state index in [2.05, 4.69) is 110 Å². The van der Waals surface area contributed by atoms with Crippen molar-refractivity contribution in [3.8, 4) is 0 Å². The zero-order valence-corrected chi connectivity index (χ0v) is 14.1. The molecular weight excluding hydrogens is 282 g/mol. The van der Waals surface area contributed by atoms with Crippen molar-refractivity contribution in [1.29, 1.82) is 0 Å². The number of benzene rings is 3. The predicted molar refractivity (Wildman–Crippen MR) is 97.7 cm³/mol. The van der Waals surface area contributed by atoms with Gasteiger partial charge in [0.2, 0.25) is 8.24 Å². The van der Waals surface area contributed by atoms with E-state index < -0.39 is 8.24 Å². The summed E-state index contributed by atoms with van der Waals surface area (Å²) in [5.41, 5.74) is 0. The fraction of sp³-hybridized carbons (Fsp3) is 0.100. The van der Waals surface area contributed by atoms with Gasteiger partial charge in [0.15, 0.2) is 0 Å². The summed E-state index contributed by atoms with van der Waals surface area (Å²) in [7, 11) is 2.25. The van der Waals surface area contributed by atoms with Crippen molar-refractivity contribution in [2.24, 2.45) is 0 Å². The largest absolute Gasteiger partial charge is 0.319 e. The van der Waals surface area contributed by atoms with E-state index in [4.69, 9.17) is 0 Å². The molecule has 0 aliphatic heterocycles. The minimum Gasteiger partial charge on any atom is -0.319 e. The molecule has 3 aromatic rings. The molecular formula is C20H21NSi.